The van der Waals surface area contributed by atoms with E-state index in [0.29, 0.717) is 18.4 Å². The molecule has 0 bridgehead atoms. The first kappa shape index (κ1) is 22.0. The lowest BCUT2D eigenvalue weighted by Gasteiger charge is -2.42. The molecule has 0 aliphatic carbocycles. The van der Waals surface area contributed by atoms with Crippen LogP contribution in [0.3, 0.4) is 0 Å². The minimum absolute atomic E-state index is 0.0322. The summed E-state index contributed by atoms with van der Waals surface area (Å²) in [5.41, 5.74) is -0.350. The molecule has 0 spiro atoms. The monoisotopic (exact) mass is 411 g/mol. The Hall–Kier alpha value is -1.70. The SMILES string of the molecule is CC1=NC(C(CC(C)C)(CC(C)C)OP(c2ccccc2)c2ccccc2)CO1. The first-order valence-electron chi connectivity index (χ1n) is 10.7. The van der Waals surface area contributed by atoms with Gasteiger partial charge < -0.3 is 9.26 Å². The fourth-order valence-corrected chi connectivity index (χ4v) is 6.23. The molecule has 29 heavy (non-hydrogen) atoms. The average molecular weight is 412 g/mol. The summed E-state index contributed by atoms with van der Waals surface area (Å²) >= 11 is 0. The van der Waals surface area contributed by atoms with Crippen molar-refractivity contribution in [2.24, 2.45) is 16.8 Å². The van der Waals surface area contributed by atoms with Crippen molar-refractivity contribution in [2.45, 2.75) is 59.1 Å². The van der Waals surface area contributed by atoms with E-state index >= 15 is 0 Å². The number of hydrogen-bond acceptors (Lipinski definition) is 3. The molecule has 1 aliphatic heterocycles. The Bertz CT molecular complexity index is 739. The van der Waals surface area contributed by atoms with Crippen molar-refractivity contribution in [3.05, 3.63) is 60.7 Å². The van der Waals surface area contributed by atoms with Gasteiger partial charge in [0.1, 0.15) is 12.6 Å². The zero-order valence-corrected chi connectivity index (χ0v) is 19.2. The Morgan fingerprint density at radius 2 is 1.41 bits per heavy atom. The fraction of sp³-hybridized carbons (Fsp3) is 0.480. The summed E-state index contributed by atoms with van der Waals surface area (Å²) in [5.74, 6) is 1.79. The number of rotatable bonds is 9. The Balaban J connectivity index is 2.06. The molecule has 4 heteroatoms. The molecule has 2 aromatic rings. The number of nitrogens with zero attached hydrogens (tertiary/aromatic N) is 1. The van der Waals surface area contributed by atoms with E-state index in [-0.39, 0.29) is 11.6 Å². The molecule has 0 saturated heterocycles. The number of ether oxygens (including phenoxy) is 1. The van der Waals surface area contributed by atoms with E-state index in [9.17, 15) is 0 Å². The second-order valence-corrected chi connectivity index (χ2v) is 10.6. The van der Waals surface area contributed by atoms with Crippen LogP contribution < -0.4 is 10.6 Å². The first-order chi connectivity index (χ1) is 13.9. The van der Waals surface area contributed by atoms with Crippen LogP contribution in [0.2, 0.25) is 0 Å². The Kier molecular flexibility index (Phi) is 7.49. The van der Waals surface area contributed by atoms with Crippen LogP contribution in [0.4, 0.5) is 0 Å². The minimum atomic E-state index is -0.955. The highest BCUT2D eigenvalue weighted by Gasteiger charge is 2.45. The smallest absolute Gasteiger partial charge is 0.180 e. The zero-order valence-electron chi connectivity index (χ0n) is 18.3. The van der Waals surface area contributed by atoms with Crippen molar-refractivity contribution >= 4 is 24.7 Å². The number of aliphatic imine (C=N–C) groups is 1. The van der Waals surface area contributed by atoms with E-state index in [4.69, 9.17) is 14.3 Å². The normalized spacial score (nSPS) is 17.1. The third-order valence-electron chi connectivity index (χ3n) is 5.16. The molecule has 0 radical (unpaired) electrons. The maximum Gasteiger partial charge on any atom is 0.180 e. The van der Waals surface area contributed by atoms with Crippen molar-refractivity contribution < 1.29 is 9.26 Å². The second-order valence-electron chi connectivity index (χ2n) is 8.79. The molecule has 3 nitrogen and oxygen atoms in total. The van der Waals surface area contributed by atoms with Gasteiger partial charge in [0.2, 0.25) is 0 Å². The molecule has 0 amide bonds. The maximum atomic E-state index is 7.24. The second kappa shape index (κ2) is 9.87. The average Bonchev–Trinajstić information content (AvgIpc) is 3.13. The summed E-state index contributed by atoms with van der Waals surface area (Å²) in [6.45, 7) is 11.7. The summed E-state index contributed by atoms with van der Waals surface area (Å²) in [7, 11) is -0.955. The molecule has 0 saturated carbocycles. The van der Waals surface area contributed by atoms with Crippen molar-refractivity contribution in [1.82, 2.24) is 0 Å². The molecule has 3 rings (SSSR count). The van der Waals surface area contributed by atoms with Gasteiger partial charge >= 0.3 is 0 Å². The summed E-state index contributed by atoms with van der Waals surface area (Å²) in [4.78, 5) is 4.89. The van der Waals surface area contributed by atoms with Crippen molar-refractivity contribution in [2.75, 3.05) is 6.61 Å². The van der Waals surface area contributed by atoms with Crippen LogP contribution in [0.1, 0.15) is 47.5 Å². The minimum Gasteiger partial charge on any atom is -0.479 e. The molecular formula is C25H34NO2P. The van der Waals surface area contributed by atoms with Crippen molar-refractivity contribution in [3.63, 3.8) is 0 Å². The molecule has 0 fully saturated rings. The maximum absolute atomic E-state index is 7.24. The molecule has 1 heterocycles. The molecular weight excluding hydrogens is 377 g/mol. The van der Waals surface area contributed by atoms with Gasteiger partial charge in [0.15, 0.2) is 5.90 Å². The van der Waals surface area contributed by atoms with Crippen molar-refractivity contribution in [3.8, 4) is 0 Å². The van der Waals surface area contributed by atoms with Gasteiger partial charge in [0.05, 0.1) is 13.7 Å². The number of hydrogen-bond donors (Lipinski definition) is 0. The van der Waals surface area contributed by atoms with E-state index in [1.165, 1.54) is 10.6 Å². The summed E-state index contributed by atoms with van der Waals surface area (Å²) < 4.78 is 13.0. The molecule has 1 unspecified atom stereocenters. The standard InChI is InChI=1S/C25H34NO2P/c1-19(2)16-25(17-20(3)4,24-18-27-21(5)26-24)28-29(22-12-8-6-9-13-22)23-14-10-7-11-15-23/h6-15,19-20,24H,16-18H2,1-5H3. The number of benzene rings is 2. The van der Waals surface area contributed by atoms with E-state index in [2.05, 4.69) is 88.4 Å². The summed E-state index contributed by atoms with van der Waals surface area (Å²) in [6, 6.07) is 21.3. The van der Waals surface area contributed by atoms with E-state index in [1.54, 1.807) is 0 Å². The third kappa shape index (κ3) is 5.68. The van der Waals surface area contributed by atoms with Gasteiger partial charge in [0, 0.05) is 17.5 Å². The van der Waals surface area contributed by atoms with E-state index < -0.39 is 8.15 Å². The predicted molar refractivity (Wildman–Crippen MR) is 125 cm³/mol. The molecule has 0 aromatic heterocycles. The van der Waals surface area contributed by atoms with Gasteiger partial charge in [-0.3, -0.25) is 0 Å². The van der Waals surface area contributed by atoms with E-state index in [1.807, 2.05) is 6.92 Å². The van der Waals surface area contributed by atoms with Gasteiger partial charge in [-0.25, -0.2) is 4.99 Å². The molecule has 1 atom stereocenters. The zero-order chi connectivity index (χ0) is 20.9. The molecule has 0 N–H and O–H groups in total. The van der Waals surface area contributed by atoms with Crippen LogP contribution in [0.25, 0.3) is 0 Å². The van der Waals surface area contributed by atoms with Gasteiger partial charge in [-0.2, -0.15) is 0 Å². The highest BCUT2D eigenvalue weighted by atomic mass is 31.1. The molecule has 156 valence electrons. The van der Waals surface area contributed by atoms with Crippen LogP contribution in [-0.2, 0) is 9.26 Å². The first-order valence-corrected chi connectivity index (χ1v) is 11.9. The molecule has 1 aliphatic rings. The van der Waals surface area contributed by atoms with E-state index in [0.717, 1.165) is 18.7 Å². The topological polar surface area (TPSA) is 30.8 Å². The summed E-state index contributed by atoms with van der Waals surface area (Å²) in [6.07, 6.45) is 1.93. The molecule has 2 aromatic carbocycles. The van der Waals surface area contributed by atoms with Crippen LogP contribution in [-0.4, -0.2) is 24.1 Å². The van der Waals surface area contributed by atoms with Gasteiger partial charge in [-0.05, 0) is 24.7 Å². The Morgan fingerprint density at radius 3 is 1.79 bits per heavy atom. The lowest BCUT2D eigenvalue weighted by molar-refractivity contribution is 0.00889. The van der Waals surface area contributed by atoms with Gasteiger partial charge in [0.25, 0.3) is 0 Å². The van der Waals surface area contributed by atoms with Gasteiger partial charge in [-0.1, -0.05) is 88.4 Å². The predicted octanol–water partition coefficient (Wildman–Crippen LogP) is 5.70. The quantitative estimate of drug-likeness (QED) is 0.496. The van der Waals surface area contributed by atoms with Crippen LogP contribution >= 0.6 is 8.15 Å². The highest BCUT2D eigenvalue weighted by Crippen LogP contribution is 2.47. The van der Waals surface area contributed by atoms with Crippen LogP contribution in [0.5, 0.6) is 0 Å². The lowest BCUT2D eigenvalue weighted by atomic mass is 9.80. The highest BCUT2D eigenvalue weighted by molar-refractivity contribution is 7.68. The fourth-order valence-electron chi connectivity index (χ4n) is 4.20. The summed E-state index contributed by atoms with van der Waals surface area (Å²) in [5, 5.41) is 2.48. The van der Waals surface area contributed by atoms with Crippen LogP contribution in [0.15, 0.2) is 65.7 Å². The van der Waals surface area contributed by atoms with Crippen LogP contribution in [0, 0.1) is 11.8 Å². The van der Waals surface area contributed by atoms with Gasteiger partial charge in [-0.15, -0.1) is 0 Å². The van der Waals surface area contributed by atoms with Crippen molar-refractivity contribution in [1.29, 1.82) is 0 Å². The Labute approximate surface area is 177 Å². The third-order valence-corrected chi connectivity index (χ3v) is 7.24. The lowest BCUT2D eigenvalue weighted by Crippen LogP contribution is -2.47. The largest absolute Gasteiger partial charge is 0.479 e. The Morgan fingerprint density at radius 1 is 0.931 bits per heavy atom.